The zero-order valence-corrected chi connectivity index (χ0v) is 19.8. The van der Waals surface area contributed by atoms with Gasteiger partial charge in [0.15, 0.2) is 5.78 Å². The highest BCUT2D eigenvalue weighted by atomic mass is 17.2. The van der Waals surface area contributed by atoms with Gasteiger partial charge in [0.2, 0.25) is 0 Å². The molecule has 0 fully saturated rings. The third-order valence-electron chi connectivity index (χ3n) is 3.38. The van der Waals surface area contributed by atoms with Crippen LogP contribution in [-0.4, -0.2) is 47.2 Å². The van der Waals surface area contributed by atoms with Gasteiger partial charge in [-0.05, 0) is 82.1 Å². The van der Waals surface area contributed by atoms with Crippen molar-refractivity contribution in [2.45, 2.75) is 111 Å². The minimum absolute atomic E-state index is 0.0205. The molecule has 0 amide bonds. The maximum Gasteiger partial charge on any atom is 0.169 e. The van der Waals surface area contributed by atoms with Crippen molar-refractivity contribution in [2.75, 3.05) is 13.2 Å². The molecule has 8 nitrogen and oxygen atoms in total. The quantitative estimate of drug-likeness (QED) is 0.178. The van der Waals surface area contributed by atoms with Crippen LogP contribution in [0.4, 0.5) is 0 Å². The summed E-state index contributed by atoms with van der Waals surface area (Å²) in [5.74, 6) is -0.565. The summed E-state index contributed by atoms with van der Waals surface area (Å²) in [7, 11) is 0. The summed E-state index contributed by atoms with van der Waals surface area (Å²) in [4.78, 5) is 54.8. The van der Waals surface area contributed by atoms with E-state index in [0.29, 0.717) is 12.8 Å². The Morgan fingerprint density at radius 1 is 0.690 bits per heavy atom. The Morgan fingerprint density at radius 2 is 1.21 bits per heavy atom. The highest BCUT2D eigenvalue weighted by Crippen LogP contribution is 2.28. The molecule has 0 radical (unpaired) electrons. The number of hydrogen-bond donors (Lipinski definition) is 0. The van der Waals surface area contributed by atoms with Crippen LogP contribution in [0.15, 0.2) is 0 Å². The standard InChI is InChI=1S/C21H40O8/c1-16(22)13-17(23)14-24-25-15-21(10,29-27-19(5,6)7)12-11-20(8,9)28-26-18(2,3)4/h11-15H2,1-10H3. The van der Waals surface area contributed by atoms with Crippen molar-refractivity contribution in [2.24, 2.45) is 0 Å². The van der Waals surface area contributed by atoms with Crippen LogP contribution in [0.2, 0.25) is 0 Å². The van der Waals surface area contributed by atoms with E-state index in [1.165, 1.54) is 6.92 Å². The molecule has 0 saturated carbocycles. The Hall–Kier alpha value is -0.900. The molecule has 0 aromatic heterocycles. The Bertz CT molecular complexity index is 516. The van der Waals surface area contributed by atoms with Gasteiger partial charge < -0.3 is 0 Å². The zero-order chi connectivity index (χ0) is 22.9. The first-order valence-corrected chi connectivity index (χ1v) is 9.92. The average molecular weight is 421 g/mol. The molecule has 0 rings (SSSR count). The molecule has 1 unspecified atom stereocenters. The summed E-state index contributed by atoms with van der Waals surface area (Å²) in [5.41, 5.74) is -2.37. The number of carbonyl (C=O) groups is 2. The summed E-state index contributed by atoms with van der Waals surface area (Å²) < 4.78 is 0. The lowest BCUT2D eigenvalue weighted by atomic mass is 9.93. The lowest BCUT2D eigenvalue weighted by Crippen LogP contribution is -2.40. The molecule has 0 aromatic rings. The molecule has 1 atom stereocenters. The van der Waals surface area contributed by atoms with Gasteiger partial charge in [0.1, 0.15) is 24.6 Å². The van der Waals surface area contributed by atoms with E-state index >= 15 is 0 Å². The molecule has 29 heavy (non-hydrogen) atoms. The van der Waals surface area contributed by atoms with Gasteiger partial charge in [0.05, 0.1) is 23.2 Å². The second-order valence-corrected chi connectivity index (χ2v) is 10.2. The molecule has 0 bridgehead atoms. The third kappa shape index (κ3) is 16.6. The van der Waals surface area contributed by atoms with Crippen LogP contribution in [0.25, 0.3) is 0 Å². The van der Waals surface area contributed by atoms with E-state index in [2.05, 4.69) is 0 Å². The van der Waals surface area contributed by atoms with Crippen molar-refractivity contribution in [1.29, 1.82) is 0 Å². The van der Waals surface area contributed by atoms with E-state index in [1.807, 2.05) is 62.3 Å². The number of ketones is 2. The van der Waals surface area contributed by atoms with Gasteiger partial charge in [-0.2, -0.15) is 0 Å². The van der Waals surface area contributed by atoms with Crippen LogP contribution in [0, 0.1) is 0 Å². The summed E-state index contributed by atoms with van der Waals surface area (Å²) in [5, 5.41) is 0. The topological polar surface area (TPSA) is 89.5 Å². The van der Waals surface area contributed by atoms with E-state index in [4.69, 9.17) is 29.3 Å². The smallest absolute Gasteiger partial charge is 0.169 e. The molecule has 0 aliphatic heterocycles. The molecule has 0 aliphatic carbocycles. The van der Waals surface area contributed by atoms with Crippen molar-refractivity contribution in [1.82, 2.24) is 0 Å². The Kier molecular flexibility index (Phi) is 11.1. The normalized spacial score (nSPS) is 15.2. The minimum Gasteiger partial charge on any atom is -0.300 e. The highest BCUT2D eigenvalue weighted by molar-refractivity contribution is 5.98. The maximum absolute atomic E-state index is 11.5. The van der Waals surface area contributed by atoms with Gasteiger partial charge in [0.25, 0.3) is 0 Å². The lowest BCUT2D eigenvalue weighted by Gasteiger charge is -2.34. The number of Topliss-reactive ketones (excluding diaryl/α,β-unsaturated/α-hetero) is 2. The van der Waals surface area contributed by atoms with Gasteiger partial charge in [-0.25, -0.2) is 29.3 Å². The largest absolute Gasteiger partial charge is 0.300 e. The fraction of sp³-hybridized carbons (Fsp3) is 0.905. The summed E-state index contributed by atoms with van der Waals surface area (Å²) in [6.45, 7) is 18.1. The first-order valence-electron chi connectivity index (χ1n) is 9.92. The number of hydrogen-bond acceptors (Lipinski definition) is 8. The molecule has 0 aliphatic rings. The van der Waals surface area contributed by atoms with Crippen LogP contribution in [-0.2, 0) is 38.9 Å². The fourth-order valence-corrected chi connectivity index (χ4v) is 1.81. The van der Waals surface area contributed by atoms with E-state index < -0.39 is 22.4 Å². The Morgan fingerprint density at radius 3 is 1.69 bits per heavy atom. The van der Waals surface area contributed by atoms with Crippen LogP contribution >= 0.6 is 0 Å². The van der Waals surface area contributed by atoms with Crippen LogP contribution in [0.1, 0.15) is 88.5 Å². The van der Waals surface area contributed by atoms with E-state index in [9.17, 15) is 9.59 Å². The van der Waals surface area contributed by atoms with Crippen LogP contribution in [0.5, 0.6) is 0 Å². The van der Waals surface area contributed by atoms with Crippen molar-refractivity contribution >= 4 is 11.6 Å². The molecule has 0 heterocycles. The summed E-state index contributed by atoms with van der Waals surface area (Å²) in [6.07, 6.45) is 0.914. The molecular formula is C21H40O8. The van der Waals surface area contributed by atoms with Gasteiger partial charge in [-0.1, -0.05) is 0 Å². The third-order valence-corrected chi connectivity index (χ3v) is 3.38. The van der Waals surface area contributed by atoms with Crippen LogP contribution < -0.4 is 0 Å². The predicted molar refractivity (Wildman–Crippen MR) is 108 cm³/mol. The molecule has 0 spiro atoms. The van der Waals surface area contributed by atoms with Crippen molar-refractivity contribution in [3.05, 3.63) is 0 Å². The van der Waals surface area contributed by atoms with Gasteiger partial charge in [-0.3, -0.25) is 9.59 Å². The molecule has 0 saturated heterocycles. The Balaban J connectivity index is 4.76. The summed E-state index contributed by atoms with van der Waals surface area (Å²) >= 11 is 0. The SMILES string of the molecule is CC(=O)CC(=O)COOCC(C)(CCC(C)(C)OOC(C)(C)C)OOC(C)(C)C. The molecule has 8 heteroatoms. The molecule has 172 valence electrons. The molecular weight excluding hydrogens is 380 g/mol. The molecule has 0 N–H and O–H groups in total. The van der Waals surface area contributed by atoms with Gasteiger partial charge >= 0.3 is 0 Å². The fourth-order valence-electron chi connectivity index (χ4n) is 1.81. The number of rotatable bonds is 14. The van der Waals surface area contributed by atoms with Gasteiger partial charge in [0, 0.05) is 0 Å². The zero-order valence-electron chi connectivity index (χ0n) is 19.8. The highest BCUT2D eigenvalue weighted by Gasteiger charge is 2.34. The second-order valence-electron chi connectivity index (χ2n) is 10.2. The van der Waals surface area contributed by atoms with E-state index in [1.54, 1.807) is 0 Å². The maximum atomic E-state index is 11.5. The lowest BCUT2D eigenvalue weighted by molar-refractivity contribution is -0.429. The minimum atomic E-state index is -0.862. The van der Waals surface area contributed by atoms with Crippen molar-refractivity contribution in [3.8, 4) is 0 Å². The van der Waals surface area contributed by atoms with E-state index in [-0.39, 0.29) is 31.2 Å². The van der Waals surface area contributed by atoms with Crippen molar-refractivity contribution < 1.29 is 38.9 Å². The second kappa shape index (κ2) is 11.5. The van der Waals surface area contributed by atoms with Crippen LogP contribution in [0.3, 0.4) is 0 Å². The predicted octanol–water partition coefficient (Wildman–Crippen LogP) is 4.29. The first-order chi connectivity index (χ1) is 12.9. The monoisotopic (exact) mass is 420 g/mol. The average Bonchev–Trinajstić information content (AvgIpc) is 2.52. The first kappa shape index (κ1) is 28.1. The summed E-state index contributed by atoms with van der Waals surface area (Å²) in [6, 6.07) is 0. The number of carbonyl (C=O) groups excluding carboxylic acids is 2. The Labute approximate surface area is 175 Å². The van der Waals surface area contributed by atoms with Crippen molar-refractivity contribution in [3.63, 3.8) is 0 Å². The van der Waals surface area contributed by atoms with Gasteiger partial charge in [-0.15, -0.1) is 0 Å². The van der Waals surface area contributed by atoms with E-state index in [0.717, 1.165) is 0 Å². The molecule has 0 aromatic carbocycles.